The Morgan fingerprint density at radius 1 is 1.83 bits per heavy atom. The molecule has 12 heavy (non-hydrogen) atoms. The Labute approximate surface area is 71.5 Å². The van der Waals surface area contributed by atoms with Crippen LogP contribution in [0, 0.1) is 0 Å². The molecule has 1 rings (SSSR count). The summed E-state index contributed by atoms with van der Waals surface area (Å²) in [5.41, 5.74) is 3.52. The first-order chi connectivity index (χ1) is 5.77. The number of rotatable bonds is 4. The normalized spacial score (nSPS) is 13.2. The number of aromatic nitrogens is 2. The van der Waals surface area contributed by atoms with E-state index in [0.717, 1.165) is 5.69 Å². The molecule has 0 aliphatic heterocycles. The zero-order valence-corrected chi connectivity index (χ0v) is 7.32. The monoisotopic (exact) mass is 170 g/mol. The third kappa shape index (κ3) is 2.04. The zero-order chi connectivity index (χ0) is 8.97. The first-order valence-electron chi connectivity index (χ1n) is 3.72. The van der Waals surface area contributed by atoms with Crippen LogP contribution in [0.4, 0.5) is 0 Å². The summed E-state index contributed by atoms with van der Waals surface area (Å²) >= 11 is 0. The van der Waals surface area contributed by atoms with Crippen LogP contribution in [0.5, 0.6) is 0 Å². The van der Waals surface area contributed by atoms with Crippen molar-refractivity contribution in [2.45, 2.75) is 6.04 Å². The van der Waals surface area contributed by atoms with Crippen LogP contribution < -0.4 is 11.3 Å². The summed E-state index contributed by atoms with van der Waals surface area (Å²) in [6, 6.07) is 1.87. The van der Waals surface area contributed by atoms with Crippen LogP contribution in [0.25, 0.3) is 0 Å². The molecule has 1 atom stereocenters. The summed E-state index contributed by atoms with van der Waals surface area (Å²) in [5, 5.41) is 4.19. The molecule has 1 aromatic heterocycles. The molecule has 0 saturated heterocycles. The van der Waals surface area contributed by atoms with Crippen molar-refractivity contribution in [1.82, 2.24) is 15.2 Å². The largest absolute Gasteiger partial charge is 0.383 e. The van der Waals surface area contributed by atoms with Gasteiger partial charge in [-0.3, -0.25) is 10.5 Å². The van der Waals surface area contributed by atoms with Crippen LogP contribution in [0.3, 0.4) is 0 Å². The average molecular weight is 170 g/mol. The first kappa shape index (κ1) is 9.18. The molecule has 0 fully saturated rings. The molecule has 1 unspecified atom stereocenters. The molecule has 1 heterocycles. The van der Waals surface area contributed by atoms with Gasteiger partial charge < -0.3 is 4.74 Å². The number of nitrogens with zero attached hydrogens (tertiary/aromatic N) is 2. The molecular weight excluding hydrogens is 156 g/mol. The second-order valence-corrected chi connectivity index (χ2v) is 2.59. The molecule has 3 N–H and O–H groups in total. The van der Waals surface area contributed by atoms with E-state index < -0.39 is 0 Å². The summed E-state index contributed by atoms with van der Waals surface area (Å²) in [4.78, 5) is 0. The molecule has 0 radical (unpaired) electrons. The van der Waals surface area contributed by atoms with Crippen molar-refractivity contribution in [2.75, 3.05) is 13.7 Å². The first-order valence-corrected chi connectivity index (χ1v) is 3.72. The van der Waals surface area contributed by atoms with E-state index in [1.807, 2.05) is 19.3 Å². The predicted molar refractivity (Wildman–Crippen MR) is 45.1 cm³/mol. The van der Waals surface area contributed by atoms with Gasteiger partial charge in [0.1, 0.15) is 0 Å². The highest BCUT2D eigenvalue weighted by Gasteiger charge is 2.10. The molecule has 68 valence electrons. The van der Waals surface area contributed by atoms with Gasteiger partial charge in [-0.25, -0.2) is 5.43 Å². The van der Waals surface area contributed by atoms with Gasteiger partial charge in [0, 0.05) is 20.4 Å². The number of methoxy groups -OCH3 is 1. The minimum absolute atomic E-state index is 0.0313. The van der Waals surface area contributed by atoms with E-state index in [-0.39, 0.29) is 6.04 Å². The maximum Gasteiger partial charge on any atom is 0.0883 e. The molecule has 0 aliphatic rings. The van der Waals surface area contributed by atoms with E-state index in [9.17, 15) is 0 Å². The van der Waals surface area contributed by atoms with Crippen LogP contribution in [0.2, 0.25) is 0 Å². The number of hydrogen-bond donors (Lipinski definition) is 2. The lowest BCUT2D eigenvalue weighted by atomic mass is 10.2. The Morgan fingerprint density at radius 2 is 2.58 bits per heavy atom. The molecule has 0 spiro atoms. The smallest absolute Gasteiger partial charge is 0.0883 e. The molecule has 0 bridgehead atoms. The van der Waals surface area contributed by atoms with Gasteiger partial charge in [0.25, 0.3) is 0 Å². The van der Waals surface area contributed by atoms with Gasteiger partial charge in [0.15, 0.2) is 0 Å². The van der Waals surface area contributed by atoms with Crippen molar-refractivity contribution >= 4 is 0 Å². The Bertz CT molecular complexity index is 235. The van der Waals surface area contributed by atoms with Crippen LogP contribution >= 0.6 is 0 Å². The molecule has 1 aromatic rings. The van der Waals surface area contributed by atoms with Gasteiger partial charge in [0.05, 0.1) is 18.3 Å². The van der Waals surface area contributed by atoms with Crippen LogP contribution in [-0.4, -0.2) is 23.5 Å². The highest BCUT2D eigenvalue weighted by molar-refractivity contribution is 5.04. The Balaban J connectivity index is 2.66. The SMILES string of the molecule is COCC(NN)c1ccn(C)n1. The summed E-state index contributed by atoms with van der Waals surface area (Å²) in [7, 11) is 3.50. The molecule has 0 amide bonds. The molecule has 5 heteroatoms. The topological polar surface area (TPSA) is 65.1 Å². The number of hydrogen-bond acceptors (Lipinski definition) is 4. The minimum Gasteiger partial charge on any atom is -0.383 e. The van der Waals surface area contributed by atoms with Gasteiger partial charge in [0.2, 0.25) is 0 Å². The lowest BCUT2D eigenvalue weighted by molar-refractivity contribution is 0.165. The minimum atomic E-state index is -0.0313. The summed E-state index contributed by atoms with van der Waals surface area (Å²) in [6.45, 7) is 0.521. The molecular formula is C7H14N4O. The van der Waals surface area contributed by atoms with E-state index in [1.54, 1.807) is 11.8 Å². The summed E-state index contributed by atoms with van der Waals surface area (Å²) < 4.78 is 6.70. The molecule has 0 aliphatic carbocycles. The predicted octanol–water partition coefficient (Wildman–Crippen LogP) is -0.429. The summed E-state index contributed by atoms with van der Waals surface area (Å²) in [5.74, 6) is 5.32. The van der Waals surface area contributed by atoms with Crippen molar-refractivity contribution < 1.29 is 4.74 Å². The number of nitrogens with one attached hydrogen (secondary N) is 1. The highest BCUT2D eigenvalue weighted by Crippen LogP contribution is 2.07. The Hall–Kier alpha value is -0.910. The maximum atomic E-state index is 5.32. The van der Waals surface area contributed by atoms with Gasteiger partial charge in [-0.05, 0) is 6.07 Å². The van der Waals surface area contributed by atoms with Crippen LogP contribution in [-0.2, 0) is 11.8 Å². The summed E-state index contributed by atoms with van der Waals surface area (Å²) in [6.07, 6.45) is 1.87. The van der Waals surface area contributed by atoms with Gasteiger partial charge in [-0.2, -0.15) is 5.10 Å². The standard InChI is InChI=1S/C7H14N4O/c1-11-4-3-6(10-11)7(9-8)5-12-2/h3-4,7,9H,5,8H2,1-2H3. The molecule has 0 saturated carbocycles. The lowest BCUT2D eigenvalue weighted by Gasteiger charge is -2.11. The van der Waals surface area contributed by atoms with E-state index in [1.165, 1.54) is 0 Å². The van der Waals surface area contributed by atoms with Crippen molar-refractivity contribution in [3.8, 4) is 0 Å². The third-order valence-electron chi connectivity index (χ3n) is 1.63. The van der Waals surface area contributed by atoms with Crippen molar-refractivity contribution in [3.05, 3.63) is 18.0 Å². The second kappa shape index (κ2) is 4.20. The number of nitrogens with two attached hydrogens (primary N) is 1. The van der Waals surface area contributed by atoms with Crippen molar-refractivity contribution in [3.63, 3.8) is 0 Å². The van der Waals surface area contributed by atoms with Gasteiger partial charge in [-0.1, -0.05) is 0 Å². The van der Waals surface area contributed by atoms with E-state index in [0.29, 0.717) is 6.61 Å². The van der Waals surface area contributed by atoms with Crippen molar-refractivity contribution in [1.29, 1.82) is 0 Å². The Morgan fingerprint density at radius 3 is 3.00 bits per heavy atom. The number of hydrazine groups is 1. The quantitative estimate of drug-likeness (QED) is 0.475. The number of aryl methyl sites for hydroxylation is 1. The van der Waals surface area contributed by atoms with Crippen LogP contribution in [0.15, 0.2) is 12.3 Å². The fourth-order valence-electron chi connectivity index (χ4n) is 1.00. The molecule has 5 nitrogen and oxygen atoms in total. The van der Waals surface area contributed by atoms with E-state index in [2.05, 4.69) is 10.5 Å². The lowest BCUT2D eigenvalue weighted by Crippen LogP contribution is -2.31. The average Bonchev–Trinajstić information content (AvgIpc) is 2.47. The number of ether oxygens (including phenoxy) is 1. The van der Waals surface area contributed by atoms with Crippen molar-refractivity contribution in [2.24, 2.45) is 12.9 Å². The van der Waals surface area contributed by atoms with Crippen LogP contribution in [0.1, 0.15) is 11.7 Å². The maximum absolute atomic E-state index is 5.32. The second-order valence-electron chi connectivity index (χ2n) is 2.59. The Kier molecular flexibility index (Phi) is 3.21. The highest BCUT2D eigenvalue weighted by atomic mass is 16.5. The molecule has 0 aromatic carbocycles. The van der Waals surface area contributed by atoms with Gasteiger partial charge >= 0.3 is 0 Å². The third-order valence-corrected chi connectivity index (χ3v) is 1.63. The fraction of sp³-hybridized carbons (Fsp3) is 0.571. The fourth-order valence-corrected chi connectivity index (χ4v) is 1.00. The zero-order valence-electron chi connectivity index (χ0n) is 7.32. The van der Waals surface area contributed by atoms with E-state index >= 15 is 0 Å². The van der Waals surface area contributed by atoms with E-state index in [4.69, 9.17) is 10.6 Å². The van der Waals surface area contributed by atoms with Gasteiger partial charge in [-0.15, -0.1) is 0 Å².